The molecule has 19 rings (SSSR count). The van der Waals surface area contributed by atoms with Gasteiger partial charge in [-0.3, -0.25) is 53.7 Å². The predicted octanol–water partition coefficient (Wildman–Crippen LogP) is 15.1. The average molecular weight is 1810 g/mol. The summed E-state index contributed by atoms with van der Waals surface area (Å²) in [5.41, 5.74) is 45.9. The van der Waals surface area contributed by atoms with Gasteiger partial charge in [-0.15, -0.1) is 0 Å². The monoisotopic (exact) mass is 1810 g/mol. The number of pyridine rings is 1. The van der Waals surface area contributed by atoms with Crippen molar-refractivity contribution in [1.29, 1.82) is 0 Å². The minimum Gasteiger partial charge on any atom is -0.398 e. The van der Waals surface area contributed by atoms with Gasteiger partial charge in [0.1, 0.15) is 56.1 Å². The Kier molecular flexibility index (Phi) is 26.0. The number of aromatic amines is 2. The SMILES string of the molecule is C[C@@H](N)c1ccccn1.C[C@@H](NC(=O)c1nc(-c2cc(Cl)c3[nH]ncc3c2)c(-c2ccn(C)n2)nc1N)c1ccccc1.Cn1ccc(-c2nc(N)c(Br)nc2-c2cc(Cl)c3[nH]ncc3c2)n1.Cn1ccc(-c2nc(N)cnc2-c2cc(Cl)c3c(c2)C=NC3)n1.Cn1ccc(B2OC(C)(C)C(C)(C)O2)n1.Nc1cnc(-c2cc(Cl)c3c(c2)C=NC3)c(Cl)n1. The number of aliphatic imine (C=N–C) groups is 2. The van der Waals surface area contributed by atoms with Crippen molar-refractivity contribution in [3.8, 4) is 79.2 Å². The van der Waals surface area contributed by atoms with E-state index in [1.165, 1.54) is 12.4 Å². The number of nitrogens with two attached hydrogens (primary N) is 5. The number of amides is 1. The number of carbonyl (C=O) groups excluding carboxylic acids is 1. The third kappa shape index (κ3) is 19.7. The number of hydrogen-bond acceptors (Lipinski definition) is 25. The molecule has 624 valence electrons. The fraction of sp³-hybridized carbons (Fsp3) is 0.190. The molecule has 39 heteroatoms. The summed E-state index contributed by atoms with van der Waals surface area (Å²) in [5, 5.41) is 38.7. The highest BCUT2D eigenvalue weighted by Crippen LogP contribution is 2.41. The Labute approximate surface area is 738 Å². The number of nitrogen functional groups attached to an aromatic ring is 4. The summed E-state index contributed by atoms with van der Waals surface area (Å²) < 4.78 is 19.0. The molecule has 1 saturated heterocycles. The summed E-state index contributed by atoms with van der Waals surface area (Å²) in [5.74, 6) is 0.527. The second-order valence-electron chi connectivity index (χ2n) is 29.5. The van der Waals surface area contributed by atoms with E-state index in [0.717, 1.165) is 72.1 Å². The first kappa shape index (κ1) is 86.6. The lowest BCUT2D eigenvalue weighted by atomic mass is 9.85. The Bertz CT molecular complexity index is 6630. The van der Waals surface area contributed by atoms with Gasteiger partial charge in [0.15, 0.2) is 22.5 Å². The van der Waals surface area contributed by atoms with Crippen LogP contribution in [0.5, 0.6) is 0 Å². The maximum atomic E-state index is 13.2. The number of carbonyl (C=O) groups is 1. The van der Waals surface area contributed by atoms with Gasteiger partial charge >= 0.3 is 7.12 Å². The molecule has 0 radical (unpaired) electrons. The number of fused-ring (bicyclic) bond motifs is 4. The van der Waals surface area contributed by atoms with Gasteiger partial charge in [-0.05, 0) is 159 Å². The Hall–Kier alpha value is -12.8. The van der Waals surface area contributed by atoms with Crippen LogP contribution in [-0.2, 0) is 50.6 Å². The Morgan fingerprint density at radius 1 is 0.512 bits per heavy atom. The van der Waals surface area contributed by atoms with E-state index in [2.05, 4.69) is 117 Å². The zero-order valence-electron chi connectivity index (χ0n) is 67.8. The first-order chi connectivity index (χ1) is 58.8. The third-order valence-corrected chi connectivity index (χ3v) is 22.1. The topological polar surface area (TPSA) is 447 Å². The summed E-state index contributed by atoms with van der Waals surface area (Å²) in [6.07, 6.45) is 19.1. The zero-order valence-corrected chi connectivity index (χ0v) is 73.2. The Morgan fingerprint density at radius 2 is 0.976 bits per heavy atom. The van der Waals surface area contributed by atoms with Crippen molar-refractivity contribution in [2.75, 3.05) is 22.9 Å². The van der Waals surface area contributed by atoms with Gasteiger partial charge in [-0.1, -0.05) is 94.4 Å². The number of halogens is 6. The lowest BCUT2D eigenvalue weighted by Gasteiger charge is -2.32. The molecule has 3 aliphatic rings. The van der Waals surface area contributed by atoms with Crippen molar-refractivity contribution in [3.05, 3.63) is 246 Å². The summed E-state index contributed by atoms with van der Waals surface area (Å²) in [4.78, 5) is 60.9. The fourth-order valence-corrected chi connectivity index (χ4v) is 14.6. The number of benzene rings is 5. The van der Waals surface area contributed by atoms with Crippen molar-refractivity contribution >= 4 is 150 Å². The minimum absolute atomic E-state index is 0.0117. The second-order valence-corrected chi connectivity index (χ2v) is 32.3. The molecule has 5 aromatic carbocycles. The molecule has 13 N–H and O–H groups in total. The number of aromatic nitrogens is 21. The molecule has 14 heterocycles. The van der Waals surface area contributed by atoms with Crippen LogP contribution in [0.3, 0.4) is 0 Å². The number of nitrogens with zero attached hydrogens (tertiary/aromatic N) is 21. The number of hydrogen-bond donors (Lipinski definition) is 8. The fourth-order valence-electron chi connectivity index (χ4n) is 13.0. The maximum absolute atomic E-state index is 13.2. The molecule has 32 nitrogen and oxygen atoms in total. The number of H-pyrrole nitrogens is 2. The van der Waals surface area contributed by atoms with E-state index in [4.69, 9.17) is 96.0 Å². The highest BCUT2D eigenvalue weighted by Gasteiger charge is 2.52. The highest BCUT2D eigenvalue weighted by molar-refractivity contribution is 9.10. The molecule has 1 amide bonds. The number of nitrogens with one attached hydrogen (secondary N) is 3. The molecular formula is C84H80BBrCl5N29O3. The highest BCUT2D eigenvalue weighted by atomic mass is 79.9. The van der Waals surface area contributed by atoms with Crippen LogP contribution in [0.2, 0.25) is 25.2 Å². The maximum Gasteiger partial charge on any atom is 0.516 e. The van der Waals surface area contributed by atoms with E-state index in [9.17, 15) is 4.79 Å². The largest absolute Gasteiger partial charge is 0.516 e. The van der Waals surface area contributed by atoms with Crippen molar-refractivity contribution < 1.29 is 14.1 Å². The van der Waals surface area contributed by atoms with Gasteiger partial charge in [0.25, 0.3) is 5.91 Å². The third-order valence-electron chi connectivity index (χ3n) is 20.0. The standard InChI is InChI=1S/C24H21ClN8O.C16H13ClN6.C15H11BrClN7.C12H8Cl2N4.C10H17BN2O2.C7H10N2/c1-13(14-6-4-3-5-7-14)28-24(34)22-23(26)30-21(18-8-9-33(2)32-18)20(29-22)15-10-16-12-27-31-19(16)17(25)11-15;1-23-3-2-13(22-23)16-15(20-8-14(18)21-16)9-4-10-6-19-7-11(10)12(17)5-9;1-24-3-2-10(23-24)13-12(20-14(16)15(18)21-13)7-4-8-6-19-22-11(8)9(17)5-7;13-9-2-6(1-7-3-16-4-8(7)9)11-12(14)18-10(15)5-17-11;1-9(2)10(3,4)15-11(14-9)8-6-7-13(5)12-8;1-6(8)7-4-2-3-5-9-7/h3-13H,1-2H3,(H2,26,30)(H,27,31)(H,28,34);2-6,8H,7H2,1H3,(H2,18,21);2-6H,1H3,(H2,18,21)(H,19,22);1-3,5H,4H2,(H2,15,18);6-7H,1-5H3;2-6H,8H2,1H3/t13-;;;;;6-/m1....1/s1. The summed E-state index contributed by atoms with van der Waals surface area (Å²) in [6, 6.07) is 37.7. The van der Waals surface area contributed by atoms with Gasteiger partial charge < -0.3 is 43.3 Å². The van der Waals surface area contributed by atoms with Gasteiger partial charge in [-0.25, -0.2) is 34.9 Å². The molecule has 0 saturated carbocycles. The Balaban J connectivity index is 0.000000125. The molecule has 11 aromatic heterocycles. The lowest BCUT2D eigenvalue weighted by Crippen LogP contribution is -2.41. The first-order valence-corrected chi connectivity index (χ1v) is 40.7. The first-order valence-electron chi connectivity index (χ1n) is 38.0. The van der Waals surface area contributed by atoms with Crippen molar-refractivity contribution in [2.24, 2.45) is 43.9 Å². The van der Waals surface area contributed by atoms with Crippen molar-refractivity contribution in [2.45, 2.75) is 77.9 Å². The molecule has 0 unspecified atom stereocenters. The molecule has 0 bridgehead atoms. The van der Waals surface area contributed by atoms with Gasteiger partial charge in [0.05, 0.1) is 105 Å². The molecule has 2 atom stereocenters. The normalized spacial score (nSPS) is 13.6. The van der Waals surface area contributed by atoms with Crippen LogP contribution in [0.25, 0.3) is 101 Å². The summed E-state index contributed by atoms with van der Waals surface area (Å²) in [7, 11) is 7.03. The summed E-state index contributed by atoms with van der Waals surface area (Å²) >= 11 is 34.8. The van der Waals surface area contributed by atoms with Crippen LogP contribution in [-0.4, -0.2) is 141 Å². The van der Waals surface area contributed by atoms with E-state index in [1.807, 2.05) is 203 Å². The molecule has 123 heavy (non-hydrogen) atoms. The van der Waals surface area contributed by atoms with Crippen LogP contribution in [0.4, 0.5) is 23.3 Å². The molecular weight excluding hydrogens is 1730 g/mol. The van der Waals surface area contributed by atoms with Gasteiger partial charge in [0.2, 0.25) is 0 Å². The van der Waals surface area contributed by atoms with Crippen molar-refractivity contribution in [1.82, 2.24) is 110 Å². The minimum atomic E-state index is -0.425. The van der Waals surface area contributed by atoms with Crippen molar-refractivity contribution in [3.63, 3.8) is 0 Å². The quantitative estimate of drug-likeness (QED) is 0.0527. The van der Waals surface area contributed by atoms with Crippen LogP contribution >= 0.6 is 73.9 Å². The molecule has 16 aromatic rings. The van der Waals surface area contributed by atoms with E-state index in [1.54, 1.807) is 62.8 Å². The van der Waals surface area contributed by atoms with Crippen LogP contribution in [0.1, 0.15) is 97.6 Å². The van der Waals surface area contributed by atoms with E-state index in [-0.39, 0.29) is 52.9 Å². The summed E-state index contributed by atoms with van der Waals surface area (Å²) in [6.45, 7) is 13.2. The van der Waals surface area contributed by atoms with E-state index in [0.29, 0.717) is 117 Å². The van der Waals surface area contributed by atoms with Crippen LogP contribution in [0.15, 0.2) is 192 Å². The number of rotatable bonds is 12. The lowest BCUT2D eigenvalue weighted by molar-refractivity contribution is 0.00578. The average Bonchev–Trinajstić information content (AvgIpc) is 1.77. The predicted molar refractivity (Wildman–Crippen MR) is 487 cm³/mol. The van der Waals surface area contributed by atoms with Crippen LogP contribution in [0, 0.1) is 0 Å². The molecule has 0 spiro atoms. The molecule has 3 aliphatic heterocycles. The second kappa shape index (κ2) is 36.9. The van der Waals surface area contributed by atoms with E-state index >= 15 is 0 Å². The molecule has 0 aliphatic carbocycles. The zero-order chi connectivity index (χ0) is 87.3. The van der Waals surface area contributed by atoms with Gasteiger partial charge in [0, 0.05) is 132 Å². The number of anilines is 4. The Morgan fingerprint density at radius 3 is 1.46 bits per heavy atom. The van der Waals surface area contributed by atoms with E-state index < -0.39 is 5.91 Å². The van der Waals surface area contributed by atoms with Crippen LogP contribution < -0.4 is 39.6 Å². The molecule has 1 fully saturated rings. The smallest absolute Gasteiger partial charge is 0.398 e. The van der Waals surface area contributed by atoms with Gasteiger partial charge in [-0.2, -0.15) is 30.6 Å². The number of aryl methyl sites for hydroxylation is 4.